The Balaban J connectivity index is 1.24. The SMILES string of the molecule is COc1ccccc1C=CCN1CCC2(CC1)CC2C(=O)Nc1ccc(SC)cc1. The van der Waals surface area contributed by atoms with Gasteiger partial charge in [0.25, 0.3) is 0 Å². The molecule has 1 heterocycles. The first kappa shape index (κ1) is 21.0. The molecule has 0 radical (unpaired) electrons. The number of rotatable bonds is 7. The van der Waals surface area contributed by atoms with E-state index in [4.69, 9.17) is 4.74 Å². The highest BCUT2D eigenvalue weighted by molar-refractivity contribution is 7.98. The molecule has 1 aliphatic heterocycles. The largest absolute Gasteiger partial charge is 0.496 e. The number of piperidine rings is 1. The molecular formula is C25H30N2O2S. The van der Waals surface area contributed by atoms with Gasteiger partial charge in [-0.25, -0.2) is 0 Å². The number of nitrogens with one attached hydrogen (secondary N) is 1. The molecule has 1 aliphatic carbocycles. The number of para-hydroxylation sites is 1. The maximum atomic E-state index is 12.7. The van der Waals surface area contributed by atoms with E-state index in [-0.39, 0.29) is 17.2 Å². The minimum absolute atomic E-state index is 0.170. The van der Waals surface area contributed by atoms with Gasteiger partial charge in [0.15, 0.2) is 0 Å². The van der Waals surface area contributed by atoms with Crippen molar-refractivity contribution in [2.24, 2.45) is 11.3 Å². The van der Waals surface area contributed by atoms with Gasteiger partial charge in [-0.1, -0.05) is 30.4 Å². The van der Waals surface area contributed by atoms with E-state index in [1.165, 1.54) is 4.90 Å². The predicted octanol–water partition coefficient (Wildman–Crippen LogP) is 5.17. The topological polar surface area (TPSA) is 41.6 Å². The van der Waals surface area contributed by atoms with Gasteiger partial charge >= 0.3 is 0 Å². The minimum atomic E-state index is 0.170. The molecule has 0 aromatic heterocycles. The number of thioether (sulfide) groups is 1. The molecule has 5 heteroatoms. The van der Waals surface area contributed by atoms with Crippen LogP contribution in [0.5, 0.6) is 5.75 Å². The van der Waals surface area contributed by atoms with E-state index in [9.17, 15) is 4.79 Å². The van der Waals surface area contributed by atoms with E-state index in [1.54, 1.807) is 18.9 Å². The molecule has 158 valence electrons. The molecule has 1 amide bonds. The van der Waals surface area contributed by atoms with Crippen LogP contribution in [0.4, 0.5) is 5.69 Å². The predicted molar refractivity (Wildman–Crippen MR) is 125 cm³/mol. The van der Waals surface area contributed by atoms with Crippen LogP contribution in [-0.4, -0.2) is 43.8 Å². The first-order valence-corrected chi connectivity index (χ1v) is 11.8. The third kappa shape index (κ3) is 4.73. The first-order chi connectivity index (χ1) is 14.6. The van der Waals surface area contributed by atoms with Crippen LogP contribution in [0.3, 0.4) is 0 Å². The van der Waals surface area contributed by atoms with Crippen LogP contribution < -0.4 is 10.1 Å². The Morgan fingerprint density at radius 1 is 1.20 bits per heavy atom. The third-order valence-corrected chi connectivity index (χ3v) is 7.26. The van der Waals surface area contributed by atoms with Crippen molar-refractivity contribution in [1.29, 1.82) is 0 Å². The molecule has 1 spiro atoms. The van der Waals surface area contributed by atoms with Crippen molar-refractivity contribution in [2.45, 2.75) is 24.2 Å². The Labute approximate surface area is 183 Å². The summed E-state index contributed by atoms with van der Waals surface area (Å²) in [6.45, 7) is 3.05. The lowest BCUT2D eigenvalue weighted by Crippen LogP contribution is -2.36. The molecule has 4 nitrogen and oxygen atoms in total. The van der Waals surface area contributed by atoms with Crippen molar-refractivity contribution < 1.29 is 9.53 Å². The Kier molecular flexibility index (Phi) is 6.49. The molecular weight excluding hydrogens is 392 g/mol. The fraction of sp³-hybridized carbons (Fsp3) is 0.400. The summed E-state index contributed by atoms with van der Waals surface area (Å²) in [5, 5.41) is 3.12. The molecule has 4 rings (SSSR count). The van der Waals surface area contributed by atoms with Gasteiger partial charge in [-0.2, -0.15) is 0 Å². The number of methoxy groups -OCH3 is 1. The van der Waals surface area contributed by atoms with Crippen LogP contribution >= 0.6 is 11.8 Å². The zero-order valence-electron chi connectivity index (χ0n) is 17.8. The normalized spacial score (nSPS) is 20.4. The van der Waals surface area contributed by atoms with Crippen LogP contribution in [0.2, 0.25) is 0 Å². The molecule has 2 aliphatic rings. The van der Waals surface area contributed by atoms with Gasteiger partial charge in [-0.15, -0.1) is 11.8 Å². The van der Waals surface area contributed by atoms with Crippen LogP contribution in [0.25, 0.3) is 6.08 Å². The van der Waals surface area contributed by atoms with Crippen LogP contribution in [0.1, 0.15) is 24.8 Å². The van der Waals surface area contributed by atoms with Crippen molar-refractivity contribution in [3.05, 3.63) is 60.2 Å². The summed E-state index contributed by atoms with van der Waals surface area (Å²) in [4.78, 5) is 16.4. The van der Waals surface area contributed by atoms with Gasteiger partial charge in [0, 0.05) is 28.6 Å². The van der Waals surface area contributed by atoms with Gasteiger partial charge in [-0.05, 0) is 74.4 Å². The maximum absolute atomic E-state index is 12.7. The molecule has 1 unspecified atom stereocenters. The first-order valence-electron chi connectivity index (χ1n) is 10.6. The summed E-state index contributed by atoms with van der Waals surface area (Å²) >= 11 is 1.71. The minimum Gasteiger partial charge on any atom is -0.496 e. The summed E-state index contributed by atoms with van der Waals surface area (Å²) in [6, 6.07) is 16.2. The highest BCUT2D eigenvalue weighted by Gasteiger charge is 2.58. The number of hydrogen-bond acceptors (Lipinski definition) is 4. The lowest BCUT2D eigenvalue weighted by molar-refractivity contribution is -0.118. The van der Waals surface area contributed by atoms with E-state index in [0.717, 1.165) is 55.9 Å². The standard InChI is InChI=1S/C25H30N2O2S/c1-29-23-8-4-3-6-19(23)7-5-15-27-16-13-25(14-17-27)18-22(25)24(28)26-20-9-11-21(30-2)12-10-20/h3-12,22H,13-18H2,1-2H3,(H,26,28). The zero-order valence-corrected chi connectivity index (χ0v) is 18.6. The second kappa shape index (κ2) is 9.27. The fourth-order valence-corrected chi connectivity index (χ4v) is 4.90. The van der Waals surface area contributed by atoms with Crippen molar-refractivity contribution in [2.75, 3.05) is 38.3 Å². The maximum Gasteiger partial charge on any atom is 0.228 e. The quantitative estimate of drug-likeness (QED) is 0.625. The Bertz CT molecular complexity index is 902. The molecule has 2 aromatic rings. The Morgan fingerprint density at radius 2 is 1.93 bits per heavy atom. The summed E-state index contributed by atoms with van der Waals surface area (Å²) in [5.74, 6) is 1.27. The van der Waals surface area contributed by atoms with Crippen molar-refractivity contribution in [1.82, 2.24) is 4.90 Å². The molecule has 30 heavy (non-hydrogen) atoms. The second-order valence-electron chi connectivity index (χ2n) is 8.28. The van der Waals surface area contributed by atoms with Gasteiger partial charge in [-0.3, -0.25) is 9.69 Å². The van der Waals surface area contributed by atoms with Crippen LogP contribution in [0.15, 0.2) is 59.5 Å². The molecule has 1 atom stereocenters. The van der Waals surface area contributed by atoms with Crippen molar-refractivity contribution >= 4 is 29.4 Å². The second-order valence-corrected chi connectivity index (χ2v) is 9.16. The van der Waals surface area contributed by atoms with Crippen LogP contribution in [0, 0.1) is 11.3 Å². The number of carbonyl (C=O) groups is 1. The van der Waals surface area contributed by atoms with E-state index < -0.39 is 0 Å². The monoisotopic (exact) mass is 422 g/mol. The van der Waals surface area contributed by atoms with Gasteiger partial charge in [0.2, 0.25) is 5.91 Å². The lowest BCUT2D eigenvalue weighted by atomic mass is 9.90. The summed E-state index contributed by atoms with van der Waals surface area (Å²) in [6.07, 6.45) is 9.66. The average Bonchev–Trinajstić information content (AvgIpc) is 3.49. The number of anilines is 1. The van der Waals surface area contributed by atoms with E-state index in [1.807, 2.05) is 30.3 Å². The summed E-state index contributed by atoms with van der Waals surface area (Å²) in [5.41, 5.74) is 2.24. The molecule has 1 N–H and O–H groups in total. The van der Waals surface area contributed by atoms with Crippen LogP contribution in [-0.2, 0) is 4.79 Å². The number of nitrogens with zero attached hydrogens (tertiary/aromatic N) is 1. The number of amides is 1. The molecule has 2 aromatic carbocycles. The highest BCUT2D eigenvalue weighted by Crippen LogP contribution is 2.59. The van der Waals surface area contributed by atoms with Gasteiger partial charge < -0.3 is 10.1 Å². The number of likely N-dealkylation sites (tertiary alicyclic amines) is 1. The highest BCUT2D eigenvalue weighted by atomic mass is 32.2. The Hall–Kier alpha value is -2.24. The molecule has 0 bridgehead atoms. The van der Waals surface area contributed by atoms with Gasteiger partial charge in [0.05, 0.1) is 7.11 Å². The van der Waals surface area contributed by atoms with E-state index in [2.05, 4.69) is 46.8 Å². The number of benzene rings is 2. The third-order valence-electron chi connectivity index (χ3n) is 6.52. The number of carbonyl (C=O) groups excluding carboxylic acids is 1. The number of ether oxygens (including phenoxy) is 1. The molecule has 1 saturated heterocycles. The lowest BCUT2D eigenvalue weighted by Gasteiger charge is -2.32. The average molecular weight is 423 g/mol. The summed E-state index contributed by atoms with van der Waals surface area (Å²) in [7, 11) is 1.71. The fourth-order valence-electron chi connectivity index (χ4n) is 4.49. The smallest absolute Gasteiger partial charge is 0.228 e. The van der Waals surface area contributed by atoms with Gasteiger partial charge in [0.1, 0.15) is 5.75 Å². The number of hydrogen-bond donors (Lipinski definition) is 1. The summed E-state index contributed by atoms with van der Waals surface area (Å²) < 4.78 is 5.41. The Morgan fingerprint density at radius 3 is 2.63 bits per heavy atom. The van der Waals surface area contributed by atoms with E-state index >= 15 is 0 Å². The molecule has 2 fully saturated rings. The van der Waals surface area contributed by atoms with Crippen molar-refractivity contribution in [3.63, 3.8) is 0 Å². The van der Waals surface area contributed by atoms with E-state index in [0.29, 0.717) is 0 Å². The van der Waals surface area contributed by atoms with Crippen molar-refractivity contribution in [3.8, 4) is 5.75 Å². The zero-order chi connectivity index (χ0) is 21.0. The molecule has 1 saturated carbocycles.